The fraction of sp³-hybridized carbons (Fsp3) is 0.333. The molecule has 2 aromatic rings. The topological polar surface area (TPSA) is 118 Å². The fourth-order valence-electron chi connectivity index (χ4n) is 1.60. The second kappa shape index (κ2) is 6.62. The predicted octanol–water partition coefficient (Wildman–Crippen LogP) is -0.611. The lowest BCUT2D eigenvalue weighted by Gasteiger charge is -2.06. The maximum Gasteiger partial charge on any atom is 0.220 e. The van der Waals surface area contributed by atoms with Crippen LogP contribution < -0.4 is 14.2 Å². The largest absolute Gasteiger partial charge is 0.748 e. The molecule has 0 amide bonds. The first-order valence-electron chi connectivity index (χ1n) is 6.18. The van der Waals surface area contributed by atoms with Crippen molar-refractivity contribution in [3.8, 4) is 23.1 Å². The van der Waals surface area contributed by atoms with Gasteiger partial charge in [0.1, 0.15) is 16.3 Å². The zero-order valence-corrected chi connectivity index (χ0v) is 12.8. The number of hydrogen-bond donors (Lipinski definition) is 0. The monoisotopic (exact) mass is 326 g/mol. The zero-order valence-electron chi connectivity index (χ0n) is 12.0. The summed E-state index contributed by atoms with van der Waals surface area (Å²) < 4.78 is 43.2. The third kappa shape index (κ3) is 4.33. The number of rotatable bonds is 6. The third-order valence-corrected chi connectivity index (χ3v) is 3.38. The molecule has 10 heteroatoms. The summed E-state index contributed by atoms with van der Waals surface area (Å²) in [5.74, 6) is 0.521. The van der Waals surface area contributed by atoms with E-state index in [1.807, 2.05) is 0 Å². The second-order valence-electron chi connectivity index (χ2n) is 4.22. The average molecular weight is 326 g/mol. The molecule has 0 saturated heterocycles. The Labute approximate surface area is 127 Å². The van der Waals surface area contributed by atoms with Crippen molar-refractivity contribution in [2.24, 2.45) is 0 Å². The van der Waals surface area contributed by atoms with E-state index in [1.54, 1.807) is 12.1 Å². The van der Waals surface area contributed by atoms with Crippen molar-refractivity contribution in [2.45, 2.75) is 6.54 Å². The highest BCUT2D eigenvalue weighted by atomic mass is 32.2. The van der Waals surface area contributed by atoms with Gasteiger partial charge in [-0.2, -0.15) is 9.97 Å². The molecule has 2 rings (SSSR count). The standard InChI is InChI=1S/C12H14N4O5S/c1-20-10-7-11(21-2)15-12(14-10)9-3-4-16(13-8-9)5-6-22(17,18)19/h3-4,7-8H,5-6H2,1-2H3. The lowest BCUT2D eigenvalue weighted by atomic mass is 10.3. The number of aromatic nitrogens is 4. The molecule has 9 nitrogen and oxygen atoms in total. The third-order valence-electron chi connectivity index (χ3n) is 2.70. The van der Waals surface area contributed by atoms with Gasteiger partial charge in [0.25, 0.3) is 0 Å². The molecule has 0 aliphatic rings. The van der Waals surface area contributed by atoms with Crippen LogP contribution in [0.15, 0.2) is 24.5 Å². The van der Waals surface area contributed by atoms with Crippen LogP contribution >= 0.6 is 0 Å². The van der Waals surface area contributed by atoms with E-state index >= 15 is 0 Å². The van der Waals surface area contributed by atoms with Crippen LogP contribution in [-0.2, 0) is 16.7 Å². The van der Waals surface area contributed by atoms with Crippen LogP contribution in [0.4, 0.5) is 0 Å². The molecular weight excluding hydrogens is 312 g/mol. The lowest BCUT2D eigenvalue weighted by molar-refractivity contribution is -0.750. The summed E-state index contributed by atoms with van der Waals surface area (Å²) in [6, 6.07) is 3.19. The molecule has 0 N–H and O–H groups in total. The molecule has 0 atom stereocenters. The Morgan fingerprint density at radius 3 is 2.32 bits per heavy atom. The predicted molar refractivity (Wildman–Crippen MR) is 73.1 cm³/mol. The Morgan fingerprint density at radius 2 is 1.86 bits per heavy atom. The van der Waals surface area contributed by atoms with Gasteiger partial charge >= 0.3 is 0 Å². The van der Waals surface area contributed by atoms with Crippen molar-refractivity contribution in [3.05, 3.63) is 24.5 Å². The molecule has 0 unspecified atom stereocenters. The van der Waals surface area contributed by atoms with Crippen LogP contribution in [0.3, 0.4) is 0 Å². The number of aryl methyl sites for hydroxylation is 1. The van der Waals surface area contributed by atoms with E-state index in [9.17, 15) is 13.0 Å². The van der Waals surface area contributed by atoms with Crippen molar-refractivity contribution in [3.63, 3.8) is 0 Å². The van der Waals surface area contributed by atoms with Crippen LogP contribution in [0, 0.1) is 0 Å². The number of hydrogen-bond acceptors (Lipinski definition) is 8. The molecule has 118 valence electrons. The first kappa shape index (κ1) is 16.0. The minimum absolute atomic E-state index is 0.0194. The van der Waals surface area contributed by atoms with E-state index < -0.39 is 15.9 Å². The number of methoxy groups -OCH3 is 2. The van der Waals surface area contributed by atoms with Gasteiger partial charge in [0, 0.05) is 11.6 Å². The summed E-state index contributed by atoms with van der Waals surface area (Å²) in [7, 11) is -1.31. The summed E-state index contributed by atoms with van der Waals surface area (Å²) in [5, 5.41) is 4.02. The molecule has 2 aromatic heterocycles. The van der Waals surface area contributed by atoms with Gasteiger partial charge in [-0.25, -0.2) is 8.42 Å². The first-order valence-corrected chi connectivity index (χ1v) is 7.76. The van der Waals surface area contributed by atoms with E-state index in [0.29, 0.717) is 23.1 Å². The van der Waals surface area contributed by atoms with E-state index in [1.165, 1.54) is 31.3 Å². The van der Waals surface area contributed by atoms with Gasteiger partial charge in [-0.05, 0) is 5.10 Å². The van der Waals surface area contributed by atoms with E-state index in [2.05, 4.69) is 15.1 Å². The van der Waals surface area contributed by atoms with Gasteiger partial charge in [0.15, 0.2) is 18.6 Å². The molecule has 0 radical (unpaired) electrons. The Kier molecular flexibility index (Phi) is 4.83. The highest BCUT2D eigenvalue weighted by Crippen LogP contribution is 2.21. The van der Waals surface area contributed by atoms with Gasteiger partial charge in [0.2, 0.25) is 11.8 Å². The molecule has 0 saturated carbocycles. The maximum atomic E-state index is 10.6. The highest BCUT2D eigenvalue weighted by molar-refractivity contribution is 7.85. The normalized spacial score (nSPS) is 11.2. The smallest absolute Gasteiger partial charge is 0.220 e. The Balaban J connectivity index is 2.23. The van der Waals surface area contributed by atoms with Crippen molar-refractivity contribution in [1.82, 2.24) is 15.1 Å². The number of nitrogens with zero attached hydrogens (tertiary/aromatic N) is 4. The first-order chi connectivity index (χ1) is 10.4. The molecule has 0 spiro atoms. The minimum Gasteiger partial charge on any atom is -0.748 e. The lowest BCUT2D eigenvalue weighted by Crippen LogP contribution is -2.40. The van der Waals surface area contributed by atoms with Crippen molar-refractivity contribution >= 4 is 10.1 Å². The Bertz CT molecular complexity index is 726. The van der Waals surface area contributed by atoms with Crippen LogP contribution in [0.25, 0.3) is 11.4 Å². The summed E-state index contributed by atoms with van der Waals surface area (Å²) in [6.07, 6.45) is 3.00. The van der Waals surface area contributed by atoms with Gasteiger partial charge < -0.3 is 14.0 Å². The minimum atomic E-state index is -4.27. The van der Waals surface area contributed by atoms with Gasteiger partial charge in [-0.1, -0.05) is 4.68 Å². The van der Waals surface area contributed by atoms with Crippen LogP contribution in [-0.4, -0.2) is 48.0 Å². The second-order valence-corrected chi connectivity index (χ2v) is 5.74. The van der Waals surface area contributed by atoms with E-state index in [0.717, 1.165) is 0 Å². The van der Waals surface area contributed by atoms with E-state index in [-0.39, 0.29) is 6.54 Å². The van der Waals surface area contributed by atoms with Gasteiger partial charge in [0.05, 0.1) is 26.0 Å². The Morgan fingerprint density at radius 1 is 1.23 bits per heavy atom. The number of ether oxygens (including phenoxy) is 2. The fourth-order valence-corrected chi connectivity index (χ4v) is 2.01. The zero-order chi connectivity index (χ0) is 16.2. The molecule has 0 fully saturated rings. The molecular formula is C12H14N4O5S. The Hall–Kier alpha value is -2.33. The van der Waals surface area contributed by atoms with Crippen molar-refractivity contribution in [1.29, 1.82) is 0 Å². The van der Waals surface area contributed by atoms with Gasteiger partial charge in [-0.15, -0.1) is 0 Å². The van der Waals surface area contributed by atoms with E-state index in [4.69, 9.17) is 9.47 Å². The SMILES string of the molecule is COc1cc(OC)nc(-c2cc[n+](CCS(=O)(=O)[O-])nc2)n1. The molecule has 0 aliphatic heterocycles. The highest BCUT2D eigenvalue weighted by Gasteiger charge is 2.11. The summed E-state index contributed by atoms with van der Waals surface area (Å²) >= 11 is 0. The van der Waals surface area contributed by atoms with Crippen molar-refractivity contribution in [2.75, 3.05) is 20.0 Å². The summed E-state index contributed by atoms with van der Waals surface area (Å²) in [4.78, 5) is 8.35. The molecule has 0 aromatic carbocycles. The van der Waals surface area contributed by atoms with Crippen LogP contribution in [0.1, 0.15) is 0 Å². The van der Waals surface area contributed by atoms with Crippen molar-refractivity contribution < 1.29 is 27.1 Å². The summed E-state index contributed by atoms with van der Waals surface area (Å²) in [5.41, 5.74) is 0.596. The summed E-state index contributed by atoms with van der Waals surface area (Å²) in [6.45, 7) is -0.0194. The molecule has 0 bridgehead atoms. The molecule has 0 aliphatic carbocycles. The quantitative estimate of drug-likeness (QED) is 0.509. The maximum absolute atomic E-state index is 10.6. The average Bonchev–Trinajstić information content (AvgIpc) is 2.52. The van der Waals surface area contributed by atoms with Gasteiger partial charge in [-0.3, -0.25) is 0 Å². The molecule has 2 heterocycles. The van der Waals surface area contributed by atoms with Crippen LogP contribution in [0.5, 0.6) is 11.8 Å². The molecule has 22 heavy (non-hydrogen) atoms. The van der Waals surface area contributed by atoms with Crippen LogP contribution in [0.2, 0.25) is 0 Å².